The van der Waals surface area contributed by atoms with Gasteiger partial charge in [-0.05, 0) is 32.3 Å². The highest BCUT2D eigenvalue weighted by Gasteiger charge is 2.15. The van der Waals surface area contributed by atoms with Crippen LogP contribution in [0.3, 0.4) is 0 Å². The molecule has 5 nitrogen and oxygen atoms in total. The van der Waals surface area contributed by atoms with Crippen LogP contribution in [0.2, 0.25) is 0 Å². The van der Waals surface area contributed by atoms with E-state index in [9.17, 15) is 4.79 Å². The molecule has 0 radical (unpaired) electrons. The van der Waals surface area contributed by atoms with Crippen LogP contribution in [0.4, 0.5) is 11.4 Å². The van der Waals surface area contributed by atoms with Gasteiger partial charge < -0.3 is 10.6 Å². The largest absolute Gasteiger partial charge is 0.384 e. The lowest BCUT2D eigenvalue weighted by Gasteiger charge is -2.13. The van der Waals surface area contributed by atoms with E-state index in [1.807, 2.05) is 26.0 Å². The van der Waals surface area contributed by atoms with Crippen molar-refractivity contribution in [3.8, 4) is 0 Å². The quantitative estimate of drug-likeness (QED) is 0.370. The number of aliphatic imine (C=N–C) groups is 1. The second-order valence-electron chi connectivity index (χ2n) is 6.12. The average molecular weight is 359 g/mol. The number of fused-ring (bicyclic) bond motifs is 1. The van der Waals surface area contributed by atoms with Crippen molar-refractivity contribution in [1.82, 2.24) is 10.3 Å². The first-order valence-corrected chi connectivity index (χ1v) is 9.44. The smallest absolute Gasteiger partial charge is 0.162 e. The van der Waals surface area contributed by atoms with E-state index in [0.29, 0.717) is 16.5 Å². The van der Waals surface area contributed by atoms with Crippen LogP contribution in [0.1, 0.15) is 50.2 Å². The molecule has 2 aromatic heterocycles. The summed E-state index contributed by atoms with van der Waals surface area (Å²) < 4.78 is 0. The number of nitrogens with one attached hydrogen (secondary N) is 2. The minimum atomic E-state index is 0.586. The summed E-state index contributed by atoms with van der Waals surface area (Å²) >= 11 is 1.37. The van der Waals surface area contributed by atoms with E-state index in [-0.39, 0.29) is 0 Å². The lowest BCUT2D eigenvalue weighted by molar-refractivity contribution is 0.112. The normalized spacial score (nSPS) is 13.4. The van der Waals surface area contributed by atoms with E-state index in [1.54, 1.807) is 12.5 Å². The number of anilines is 1. The van der Waals surface area contributed by atoms with Gasteiger partial charge in [0.05, 0.1) is 22.3 Å². The van der Waals surface area contributed by atoms with Crippen molar-refractivity contribution >= 4 is 45.6 Å². The minimum Gasteiger partial charge on any atom is -0.384 e. The molecule has 0 spiro atoms. The Hall–Kier alpha value is -2.21. The Morgan fingerprint density at radius 3 is 2.96 bits per heavy atom. The number of allylic oxidation sites excluding steroid dienone is 2. The van der Waals surface area contributed by atoms with E-state index in [0.717, 1.165) is 34.4 Å². The number of pyridine rings is 1. The van der Waals surface area contributed by atoms with Crippen LogP contribution in [0.25, 0.3) is 10.2 Å². The second kappa shape index (κ2) is 9.32. The molecule has 0 aliphatic carbocycles. The second-order valence-corrected chi connectivity index (χ2v) is 7.15. The number of hydrogen-bond acceptors (Lipinski definition) is 5. The number of carbonyl (C=O) groups excluding carboxylic acids is 1. The third-order valence-corrected chi connectivity index (χ3v) is 5.05. The maximum Gasteiger partial charge on any atom is 0.162 e. The molecule has 0 amide bonds. The van der Waals surface area contributed by atoms with Gasteiger partial charge in [-0.25, -0.2) is 9.98 Å². The number of aromatic nitrogens is 1. The molecular formula is C19H26N4OS. The van der Waals surface area contributed by atoms with Crippen molar-refractivity contribution in [3.05, 3.63) is 28.9 Å². The third kappa shape index (κ3) is 4.89. The summed E-state index contributed by atoms with van der Waals surface area (Å²) in [4.78, 5) is 21.8. The van der Waals surface area contributed by atoms with Crippen molar-refractivity contribution < 1.29 is 4.79 Å². The van der Waals surface area contributed by atoms with Gasteiger partial charge in [-0.15, -0.1) is 11.3 Å². The number of thiophene rings is 1. The zero-order valence-electron chi connectivity index (χ0n) is 15.3. The van der Waals surface area contributed by atoms with Gasteiger partial charge in [-0.2, -0.15) is 0 Å². The van der Waals surface area contributed by atoms with Crippen molar-refractivity contribution in [1.29, 1.82) is 0 Å². The van der Waals surface area contributed by atoms with Crippen molar-refractivity contribution in [2.24, 2.45) is 10.9 Å². The Bertz CT molecular complexity index is 779. The summed E-state index contributed by atoms with van der Waals surface area (Å²) in [6.07, 6.45) is 8.57. The molecule has 0 saturated carbocycles. The van der Waals surface area contributed by atoms with Crippen LogP contribution in [-0.2, 0) is 0 Å². The van der Waals surface area contributed by atoms with Gasteiger partial charge in [0.1, 0.15) is 4.83 Å². The summed E-state index contributed by atoms with van der Waals surface area (Å²) in [5.74, 6) is 0.586. The first-order valence-electron chi connectivity index (χ1n) is 8.63. The fourth-order valence-corrected chi connectivity index (χ4v) is 3.47. The maximum atomic E-state index is 11.5. The van der Waals surface area contributed by atoms with Crippen molar-refractivity contribution in [3.63, 3.8) is 0 Å². The van der Waals surface area contributed by atoms with Gasteiger partial charge in [0.25, 0.3) is 0 Å². The molecule has 0 aliphatic heterocycles. The molecule has 2 aromatic rings. The lowest BCUT2D eigenvalue weighted by Crippen LogP contribution is -2.11. The Morgan fingerprint density at radius 2 is 2.28 bits per heavy atom. The average Bonchev–Trinajstić information content (AvgIpc) is 2.98. The summed E-state index contributed by atoms with van der Waals surface area (Å²) in [6.45, 7) is 9.24. The molecule has 2 rings (SSSR count). The van der Waals surface area contributed by atoms with Crippen LogP contribution >= 0.6 is 11.3 Å². The highest BCUT2D eigenvalue weighted by atomic mass is 32.1. The maximum absolute atomic E-state index is 11.5. The molecule has 0 aromatic carbocycles. The van der Waals surface area contributed by atoms with Gasteiger partial charge >= 0.3 is 0 Å². The van der Waals surface area contributed by atoms with Crippen LogP contribution in [0.5, 0.6) is 0 Å². The predicted octanol–water partition coefficient (Wildman–Crippen LogP) is 5.13. The minimum absolute atomic E-state index is 0.586. The van der Waals surface area contributed by atoms with Crippen LogP contribution < -0.4 is 10.6 Å². The summed E-state index contributed by atoms with van der Waals surface area (Å²) in [5, 5.41) is 7.51. The molecule has 0 saturated heterocycles. The van der Waals surface area contributed by atoms with Crippen LogP contribution in [0, 0.1) is 5.92 Å². The third-order valence-electron chi connectivity index (χ3n) is 4.04. The number of hydrogen-bond donors (Lipinski definition) is 2. The summed E-state index contributed by atoms with van der Waals surface area (Å²) in [6, 6.07) is 1.95. The molecule has 25 heavy (non-hydrogen) atoms. The molecule has 0 bridgehead atoms. The predicted molar refractivity (Wildman–Crippen MR) is 108 cm³/mol. The van der Waals surface area contributed by atoms with Gasteiger partial charge in [0, 0.05) is 24.1 Å². The molecular weight excluding hydrogens is 332 g/mol. The topological polar surface area (TPSA) is 66.4 Å². The number of rotatable bonds is 9. The van der Waals surface area contributed by atoms with Gasteiger partial charge in [0.15, 0.2) is 6.29 Å². The fourth-order valence-electron chi connectivity index (χ4n) is 2.54. The van der Waals surface area contributed by atoms with E-state index in [4.69, 9.17) is 0 Å². The van der Waals surface area contributed by atoms with Crippen molar-refractivity contribution in [2.75, 3.05) is 11.9 Å². The molecule has 134 valence electrons. The fraction of sp³-hybridized carbons (Fsp3) is 0.421. The Balaban J connectivity index is 2.36. The molecule has 2 heterocycles. The SMILES string of the molecule is C/C=C(\C)NC=Nc1c(C=O)sc2nccc(NCC(C)CCC)c12. The zero-order valence-corrected chi connectivity index (χ0v) is 16.1. The summed E-state index contributed by atoms with van der Waals surface area (Å²) in [5.41, 5.74) is 2.65. The Labute approximate surface area is 153 Å². The first-order chi connectivity index (χ1) is 12.1. The number of carbonyl (C=O) groups is 1. The monoisotopic (exact) mass is 358 g/mol. The van der Waals surface area contributed by atoms with E-state index in [2.05, 4.69) is 34.5 Å². The Morgan fingerprint density at radius 1 is 1.48 bits per heavy atom. The first kappa shape index (κ1) is 19.1. The summed E-state index contributed by atoms with van der Waals surface area (Å²) in [7, 11) is 0. The van der Waals surface area contributed by atoms with E-state index in [1.165, 1.54) is 24.2 Å². The Kier molecular flexibility index (Phi) is 7.13. The molecule has 0 aliphatic rings. The molecule has 2 N–H and O–H groups in total. The highest BCUT2D eigenvalue weighted by molar-refractivity contribution is 7.21. The highest BCUT2D eigenvalue weighted by Crippen LogP contribution is 2.40. The molecule has 0 fully saturated rings. The molecule has 1 atom stereocenters. The van der Waals surface area contributed by atoms with Gasteiger partial charge in [-0.3, -0.25) is 4.79 Å². The number of aldehydes is 1. The van der Waals surface area contributed by atoms with Crippen molar-refractivity contribution in [2.45, 2.75) is 40.5 Å². The van der Waals surface area contributed by atoms with Crippen LogP contribution in [-0.4, -0.2) is 24.2 Å². The lowest BCUT2D eigenvalue weighted by atomic mass is 10.1. The van der Waals surface area contributed by atoms with Gasteiger partial charge in [0.2, 0.25) is 0 Å². The van der Waals surface area contributed by atoms with E-state index >= 15 is 0 Å². The molecule has 6 heteroatoms. The number of nitrogens with zero attached hydrogens (tertiary/aromatic N) is 2. The van der Waals surface area contributed by atoms with Gasteiger partial charge in [-0.1, -0.05) is 26.3 Å². The van der Waals surface area contributed by atoms with E-state index < -0.39 is 0 Å². The standard InChI is InChI=1S/C19H26N4OS/c1-5-7-13(3)10-21-15-8-9-20-19-17(15)18(16(11-24)25-19)23-12-22-14(4)6-2/h6,8-9,11-13H,5,7,10H2,1-4H3,(H,20,21)(H,22,23)/b14-6+. The van der Waals surface area contributed by atoms with Crippen LogP contribution in [0.15, 0.2) is 29.0 Å². The zero-order chi connectivity index (χ0) is 18.2. The molecule has 1 unspecified atom stereocenters.